The van der Waals surface area contributed by atoms with E-state index in [0.29, 0.717) is 4.90 Å². The smallest absolute Gasteiger partial charge is 0.337 e. The van der Waals surface area contributed by atoms with Crippen molar-refractivity contribution >= 4 is 69.9 Å². The number of hydrogen-bond acceptors (Lipinski definition) is 5. The summed E-state index contributed by atoms with van der Waals surface area (Å²) in [7, 11) is 0. The minimum absolute atomic E-state index is 0.0146. The van der Waals surface area contributed by atoms with Gasteiger partial charge in [0.25, 0.3) is 0 Å². The largest absolute Gasteiger partial charge is 0.478 e. The molecule has 0 bridgehead atoms. The van der Waals surface area contributed by atoms with Crippen molar-refractivity contribution in [1.82, 2.24) is 0 Å². The second-order valence-electron chi connectivity index (χ2n) is 5.21. The van der Waals surface area contributed by atoms with Crippen molar-refractivity contribution in [2.24, 2.45) is 0 Å². The van der Waals surface area contributed by atoms with E-state index >= 15 is 0 Å². The number of carbonyl (C=O) groups excluding carboxylic acids is 4. The maximum Gasteiger partial charge on any atom is 0.337 e. The number of nitrogens with one attached hydrogen (secondary N) is 2. The van der Waals surface area contributed by atoms with Gasteiger partial charge >= 0.3 is 5.97 Å². The fourth-order valence-electron chi connectivity index (χ4n) is 2.41. The first-order valence-corrected chi connectivity index (χ1v) is 8.34. The van der Waals surface area contributed by atoms with Gasteiger partial charge in [0.05, 0.1) is 16.9 Å². The highest BCUT2D eigenvalue weighted by Crippen LogP contribution is 2.37. The van der Waals surface area contributed by atoms with Crippen molar-refractivity contribution in [2.45, 2.75) is 12.8 Å². The van der Waals surface area contributed by atoms with Crippen LogP contribution in [0, 0.1) is 0 Å². The van der Waals surface area contributed by atoms with Crippen molar-refractivity contribution < 1.29 is 29.1 Å². The van der Waals surface area contributed by atoms with Gasteiger partial charge in [0.15, 0.2) is 0 Å². The summed E-state index contributed by atoms with van der Waals surface area (Å²) in [6.07, 6.45) is -0.156. The monoisotopic (exact) mass is 401 g/mol. The van der Waals surface area contributed by atoms with Gasteiger partial charge in [-0.25, -0.2) is 9.69 Å². The number of hydrogen-bond donors (Lipinski definition) is 3. The predicted molar refractivity (Wildman–Crippen MR) is 93.8 cm³/mol. The molecule has 138 valence electrons. The molecule has 1 fully saturated rings. The average Bonchev–Trinajstić information content (AvgIpc) is 2.92. The van der Waals surface area contributed by atoms with Crippen LogP contribution in [0.3, 0.4) is 0 Å². The van der Waals surface area contributed by atoms with Gasteiger partial charge in [-0.2, -0.15) is 0 Å². The van der Waals surface area contributed by atoms with Crippen LogP contribution in [0.1, 0.15) is 23.2 Å². The zero-order chi connectivity index (χ0) is 19.4. The van der Waals surface area contributed by atoms with Gasteiger partial charge in [-0.05, 0) is 12.1 Å². The maximum atomic E-state index is 12.1. The quantitative estimate of drug-likeness (QED) is 0.487. The van der Waals surface area contributed by atoms with Gasteiger partial charge in [-0.3, -0.25) is 19.2 Å². The zero-order valence-electron chi connectivity index (χ0n) is 13.2. The number of amides is 4. The molecule has 0 unspecified atom stereocenters. The molecule has 2 rings (SSSR count). The Balaban J connectivity index is 2.66. The summed E-state index contributed by atoms with van der Waals surface area (Å²) in [6.45, 7) is 0. The van der Waals surface area contributed by atoms with Crippen LogP contribution in [0.2, 0.25) is 0 Å². The summed E-state index contributed by atoms with van der Waals surface area (Å²) in [4.78, 5) is 59.7. The Hall–Kier alpha value is -2.65. The summed E-state index contributed by atoms with van der Waals surface area (Å²) in [6, 6.07) is 2.28. The number of carbonyl (C=O) groups is 5. The molecule has 4 amide bonds. The number of aromatic carboxylic acids is 1. The van der Waals surface area contributed by atoms with E-state index in [-0.39, 0.29) is 35.8 Å². The van der Waals surface area contributed by atoms with Crippen LogP contribution in [0.4, 0.5) is 17.1 Å². The summed E-state index contributed by atoms with van der Waals surface area (Å²) in [5.41, 5.74) is -0.872. The first-order valence-electron chi connectivity index (χ1n) is 7.27. The molecule has 26 heavy (non-hydrogen) atoms. The predicted octanol–water partition coefficient (Wildman–Crippen LogP) is 1.39. The number of nitrogens with zero attached hydrogens (tertiary/aromatic N) is 1. The van der Waals surface area contributed by atoms with Crippen molar-refractivity contribution in [2.75, 3.05) is 27.3 Å². The number of carboxylic acid groups (broad SMARTS) is 1. The summed E-state index contributed by atoms with van der Waals surface area (Å²) >= 11 is 10.9. The van der Waals surface area contributed by atoms with Gasteiger partial charge < -0.3 is 15.7 Å². The van der Waals surface area contributed by atoms with E-state index in [0.717, 1.165) is 6.07 Å². The van der Waals surface area contributed by atoms with Crippen LogP contribution in [0.5, 0.6) is 0 Å². The molecule has 1 heterocycles. The van der Waals surface area contributed by atoms with E-state index in [1.165, 1.54) is 6.07 Å². The first-order chi connectivity index (χ1) is 12.3. The number of benzene rings is 1. The molecular weight excluding hydrogens is 389 g/mol. The first kappa shape index (κ1) is 19.7. The van der Waals surface area contributed by atoms with Crippen molar-refractivity contribution in [1.29, 1.82) is 0 Å². The molecule has 0 radical (unpaired) electrons. The topological polar surface area (TPSA) is 133 Å². The highest BCUT2D eigenvalue weighted by atomic mass is 35.5. The molecule has 3 N–H and O–H groups in total. The summed E-state index contributed by atoms with van der Waals surface area (Å²) in [5, 5.41) is 14.2. The molecule has 1 aliphatic rings. The molecule has 0 atom stereocenters. The molecule has 0 aromatic heterocycles. The Morgan fingerprint density at radius 1 is 1.00 bits per heavy atom. The number of rotatable bonds is 6. The Labute approximate surface area is 157 Å². The highest BCUT2D eigenvalue weighted by molar-refractivity contribution is 6.30. The molecule has 0 saturated carbocycles. The van der Waals surface area contributed by atoms with Crippen molar-refractivity contribution in [3.8, 4) is 0 Å². The molecule has 0 spiro atoms. The molecule has 1 aliphatic heterocycles. The Bertz CT molecular complexity index is 795. The lowest BCUT2D eigenvalue weighted by atomic mass is 10.1. The zero-order valence-corrected chi connectivity index (χ0v) is 14.7. The number of anilines is 3. The second kappa shape index (κ2) is 8.15. The van der Waals surface area contributed by atoms with E-state index < -0.39 is 41.0 Å². The van der Waals surface area contributed by atoms with Crippen LogP contribution in [0.25, 0.3) is 0 Å². The van der Waals surface area contributed by atoms with Gasteiger partial charge in [-0.1, -0.05) is 0 Å². The highest BCUT2D eigenvalue weighted by Gasteiger charge is 2.35. The Kier molecular flexibility index (Phi) is 6.17. The van der Waals surface area contributed by atoms with E-state index in [4.69, 9.17) is 23.2 Å². The molecule has 1 aromatic rings. The summed E-state index contributed by atoms with van der Waals surface area (Å²) in [5.74, 6) is -4.79. The minimum Gasteiger partial charge on any atom is -0.478 e. The third-order valence-corrected chi connectivity index (χ3v) is 3.90. The lowest BCUT2D eigenvalue weighted by Crippen LogP contribution is -2.32. The molecule has 11 heteroatoms. The van der Waals surface area contributed by atoms with Gasteiger partial charge in [-0.15, -0.1) is 23.2 Å². The number of carboxylic acids is 1. The standard InChI is InChI=1S/C15H13Cl2N3O6/c16-5-10(21)18-7-3-8(15(25)26)14(9(4-7)19-11(22)6-17)20-12(23)1-2-13(20)24/h3-4H,1-2,5-6H2,(H,18,21)(H,19,22)(H,25,26). The Morgan fingerprint density at radius 3 is 2.04 bits per heavy atom. The molecule has 9 nitrogen and oxygen atoms in total. The van der Waals surface area contributed by atoms with E-state index in [2.05, 4.69) is 10.6 Å². The molecule has 1 saturated heterocycles. The van der Waals surface area contributed by atoms with Crippen molar-refractivity contribution in [3.63, 3.8) is 0 Å². The van der Waals surface area contributed by atoms with Gasteiger partial charge in [0.2, 0.25) is 23.6 Å². The normalized spacial score (nSPS) is 13.7. The lowest BCUT2D eigenvalue weighted by Gasteiger charge is -2.22. The number of halogens is 2. The van der Waals surface area contributed by atoms with Gasteiger partial charge in [0, 0.05) is 18.5 Å². The van der Waals surface area contributed by atoms with Gasteiger partial charge in [0.1, 0.15) is 11.8 Å². The molecular formula is C15H13Cl2N3O6. The third kappa shape index (κ3) is 4.12. The van der Waals surface area contributed by atoms with Crippen LogP contribution in [-0.2, 0) is 19.2 Å². The van der Waals surface area contributed by atoms with Crippen LogP contribution in [0.15, 0.2) is 12.1 Å². The lowest BCUT2D eigenvalue weighted by molar-refractivity contribution is -0.121. The summed E-state index contributed by atoms with van der Waals surface area (Å²) < 4.78 is 0. The van der Waals surface area contributed by atoms with Crippen LogP contribution in [-0.4, -0.2) is 46.5 Å². The number of alkyl halides is 2. The van der Waals surface area contributed by atoms with Crippen LogP contribution >= 0.6 is 23.2 Å². The van der Waals surface area contributed by atoms with E-state index in [9.17, 15) is 29.1 Å². The molecule has 1 aromatic carbocycles. The maximum absolute atomic E-state index is 12.1. The SMILES string of the molecule is O=C(CCl)Nc1cc(NC(=O)CCl)c(N2C(=O)CCC2=O)c(C(=O)O)c1. The second-order valence-corrected chi connectivity index (χ2v) is 5.75. The molecule has 0 aliphatic carbocycles. The number of imide groups is 1. The fraction of sp³-hybridized carbons (Fsp3) is 0.267. The van der Waals surface area contributed by atoms with E-state index in [1.54, 1.807) is 0 Å². The van der Waals surface area contributed by atoms with E-state index in [1.807, 2.05) is 0 Å². The third-order valence-electron chi connectivity index (χ3n) is 3.42. The average molecular weight is 402 g/mol. The van der Waals surface area contributed by atoms with Crippen LogP contribution < -0.4 is 15.5 Å². The van der Waals surface area contributed by atoms with Crippen molar-refractivity contribution in [3.05, 3.63) is 17.7 Å². The fourth-order valence-corrected chi connectivity index (χ4v) is 2.54. The Morgan fingerprint density at radius 2 is 1.54 bits per heavy atom. The minimum atomic E-state index is -1.46.